The van der Waals surface area contributed by atoms with E-state index in [0.717, 1.165) is 0 Å². The molecule has 34 heavy (non-hydrogen) atoms. The first kappa shape index (κ1) is 23.9. The number of hydrogen-bond acceptors (Lipinski definition) is 12. The Morgan fingerprint density at radius 3 is 2.74 bits per heavy atom. The van der Waals surface area contributed by atoms with Gasteiger partial charge in [-0.3, -0.25) is 19.2 Å². The summed E-state index contributed by atoms with van der Waals surface area (Å²) in [6, 6.07) is 4.42. The molecule has 0 aliphatic carbocycles. The van der Waals surface area contributed by atoms with Crippen molar-refractivity contribution in [2.75, 3.05) is 17.7 Å². The average molecular weight is 497 g/mol. The minimum atomic E-state index is -4.80. The number of para-hydroxylation sites is 1. The maximum atomic E-state index is 11.1. The molecule has 1 aliphatic heterocycles. The Labute approximate surface area is 190 Å². The summed E-state index contributed by atoms with van der Waals surface area (Å²) < 4.78 is 22.2. The summed E-state index contributed by atoms with van der Waals surface area (Å²) >= 11 is 0. The van der Waals surface area contributed by atoms with Crippen LogP contribution in [0, 0.1) is 10.1 Å². The smallest absolute Gasteiger partial charge is 0.393 e. The van der Waals surface area contributed by atoms with Gasteiger partial charge in [0.15, 0.2) is 23.2 Å². The molecule has 16 nitrogen and oxygen atoms in total. The number of aromatic nitrogens is 4. The highest BCUT2D eigenvalue weighted by Gasteiger charge is 2.45. The molecule has 0 unspecified atom stereocenters. The zero-order chi connectivity index (χ0) is 24.6. The summed E-state index contributed by atoms with van der Waals surface area (Å²) in [5, 5.41) is 34.7. The van der Waals surface area contributed by atoms with Crippen LogP contribution >= 0.6 is 7.82 Å². The number of aliphatic hydroxyl groups is 2. The van der Waals surface area contributed by atoms with E-state index in [-0.39, 0.29) is 34.9 Å². The first-order valence-electron chi connectivity index (χ1n) is 9.71. The third-order valence-electron chi connectivity index (χ3n) is 5.19. The van der Waals surface area contributed by atoms with Crippen molar-refractivity contribution in [1.29, 1.82) is 0 Å². The monoisotopic (exact) mass is 497 g/mol. The number of phosphoric acid groups is 1. The molecule has 3 heterocycles. The van der Waals surface area contributed by atoms with E-state index in [9.17, 15) is 24.9 Å². The summed E-state index contributed by atoms with van der Waals surface area (Å²) in [6.07, 6.45) is -2.86. The van der Waals surface area contributed by atoms with Gasteiger partial charge in [0, 0.05) is 18.2 Å². The largest absolute Gasteiger partial charge is 0.469 e. The van der Waals surface area contributed by atoms with E-state index in [1.54, 1.807) is 6.07 Å². The fraction of sp³-hybridized carbons (Fsp3) is 0.353. The van der Waals surface area contributed by atoms with Crippen molar-refractivity contribution in [2.45, 2.75) is 31.1 Å². The lowest BCUT2D eigenvalue weighted by molar-refractivity contribution is -0.383. The highest BCUT2D eigenvalue weighted by Crippen LogP contribution is 2.39. The third-order valence-corrected chi connectivity index (χ3v) is 5.68. The van der Waals surface area contributed by atoms with Crippen LogP contribution in [0.4, 0.5) is 17.2 Å². The van der Waals surface area contributed by atoms with Crippen LogP contribution in [0.3, 0.4) is 0 Å². The van der Waals surface area contributed by atoms with Gasteiger partial charge in [-0.15, -0.1) is 0 Å². The summed E-state index contributed by atoms with van der Waals surface area (Å²) in [5.41, 5.74) is 6.62. The standard InChI is InChI=1S/C17H20N7O9P/c18-11-8(2-1-3-9(11)24(27)28)4-19-15-12-16(21-6-20-15)23(7-22-12)17-14(26)13(25)10(33-17)5-32-34(29,30)31/h1-3,6-7,10,13-14,17,25-26H,4-5,18H2,(H,19,20,21)(H2,29,30,31)/t10-,13-,14-,17-/m1/s1. The number of nitrogen functional groups attached to an aromatic ring is 1. The lowest BCUT2D eigenvalue weighted by Crippen LogP contribution is -2.33. The Bertz CT molecular complexity index is 1270. The molecule has 2 aromatic heterocycles. The number of nitrogens with zero attached hydrogens (tertiary/aromatic N) is 5. The quantitative estimate of drug-likeness (QED) is 0.101. The maximum absolute atomic E-state index is 11.1. The molecule has 0 amide bonds. The van der Waals surface area contributed by atoms with Gasteiger partial charge in [0.2, 0.25) is 0 Å². The van der Waals surface area contributed by atoms with Crippen molar-refractivity contribution < 1.29 is 38.7 Å². The number of ether oxygens (including phenoxy) is 1. The SMILES string of the molecule is Nc1c(CNc2ncnc3c2ncn3[C@@H]2O[C@H](COP(=O)(O)O)[C@@H](O)[C@H]2O)cccc1[N+](=O)[O-]. The minimum absolute atomic E-state index is 0.0101. The van der Waals surface area contributed by atoms with E-state index in [0.29, 0.717) is 5.56 Å². The molecule has 1 aliphatic rings. The average Bonchev–Trinajstić information content (AvgIpc) is 3.32. The maximum Gasteiger partial charge on any atom is 0.469 e. The number of hydrogen-bond donors (Lipinski definition) is 6. The Balaban J connectivity index is 1.55. The van der Waals surface area contributed by atoms with Crippen molar-refractivity contribution >= 4 is 36.2 Å². The third kappa shape index (κ3) is 4.69. The fourth-order valence-electron chi connectivity index (χ4n) is 3.53. The second-order valence-corrected chi connectivity index (χ2v) is 8.58. The van der Waals surface area contributed by atoms with Crippen LogP contribution in [0.15, 0.2) is 30.9 Å². The van der Waals surface area contributed by atoms with Gasteiger partial charge in [0.25, 0.3) is 5.69 Å². The predicted molar refractivity (Wildman–Crippen MR) is 114 cm³/mol. The number of aliphatic hydroxyl groups excluding tert-OH is 2. The van der Waals surface area contributed by atoms with Crippen molar-refractivity contribution in [3.05, 3.63) is 46.5 Å². The molecule has 0 saturated carbocycles. The first-order valence-corrected chi connectivity index (χ1v) is 11.2. The predicted octanol–water partition coefficient (Wildman–Crippen LogP) is -0.343. The first-order chi connectivity index (χ1) is 16.1. The van der Waals surface area contributed by atoms with Gasteiger partial charge < -0.3 is 35.8 Å². The summed E-state index contributed by atoms with van der Waals surface area (Å²) in [6.45, 7) is -0.562. The van der Waals surface area contributed by atoms with Crippen LogP contribution in [-0.2, 0) is 20.4 Å². The highest BCUT2D eigenvalue weighted by molar-refractivity contribution is 7.46. The minimum Gasteiger partial charge on any atom is -0.393 e. The molecule has 1 aromatic carbocycles. The number of rotatable bonds is 8. The Kier molecular flexibility index (Phi) is 6.46. The van der Waals surface area contributed by atoms with Crippen LogP contribution in [0.1, 0.15) is 11.8 Å². The van der Waals surface area contributed by atoms with E-state index < -0.39 is 43.9 Å². The van der Waals surface area contributed by atoms with Crippen molar-refractivity contribution in [2.24, 2.45) is 0 Å². The Morgan fingerprint density at radius 1 is 1.26 bits per heavy atom. The van der Waals surface area contributed by atoms with Gasteiger partial charge in [0.1, 0.15) is 30.3 Å². The fourth-order valence-corrected chi connectivity index (χ4v) is 3.87. The number of nitrogens with two attached hydrogens (primary N) is 1. The zero-order valence-electron chi connectivity index (χ0n) is 17.2. The molecule has 3 aromatic rings. The van der Waals surface area contributed by atoms with Crippen LogP contribution < -0.4 is 11.1 Å². The van der Waals surface area contributed by atoms with Crippen LogP contribution in [-0.4, -0.2) is 69.4 Å². The van der Waals surface area contributed by atoms with Crippen LogP contribution in [0.5, 0.6) is 0 Å². The highest BCUT2D eigenvalue weighted by atomic mass is 31.2. The number of imidazole rings is 1. The number of anilines is 2. The topological polar surface area (TPSA) is 241 Å². The van der Waals surface area contributed by atoms with Gasteiger partial charge in [-0.2, -0.15) is 0 Å². The Hall–Kier alpha value is -3.24. The van der Waals surface area contributed by atoms with E-state index >= 15 is 0 Å². The van der Waals surface area contributed by atoms with E-state index in [1.807, 2.05) is 0 Å². The number of phosphoric ester groups is 1. The number of nitro benzene ring substituents is 1. The van der Waals surface area contributed by atoms with Crippen molar-refractivity contribution in [1.82, 2.24) is 19.5 Å². The molecule has 4 atom stereocenters. The molecule has 182 valence electrons. The zero-order valence-corrected chi connectivity index (χ0v) is 18.1. The summed E-state index contributed by atoms with van der Waals surface area (Å²) in [5.74, 6) is 0.268. The molecular formula is C17H20N7O9P. The molecule has 0 radical (unpaired) electrons. The lowest BCUT2D eigenvalue weighted by Gasteiger charge is -2.16. The van der Waals surface area contributed by atoms with Gasteiger partial charge in [0.05, 0.1) is 17.9 Å². The molecule has 4 rings (SSSR count). The van der Waals surface area contributed by atoms with E-state index in [4.69, 9.17) is 20.3 Å². The summed E-state index contributed by atoms with van der Waals surface area (Å²) in [4.78, 5) is 40.7. The van der Waals surface area contributed by atoms with Gasteiger partial charge in [-0.1, -0.05) is 12.1 Å². The lowest BCUT2D eigenvalue weighted by atomic mass is 10.1. The second kappa shape index (κ2) is 9.19. The number of nitro groups is 1. The van der Waals surface area contributed by atoms with Gasteiger partial charge >= 0.3 is 7.82 Å². The number of fused-ring (bicyclic) bond motifs is 1. The van der Waals surface area contributed by atoms with Crippen molar-refractivity contribution in [3.8, 4) is 0 Å². The van der Waals surface area contributed by atoms with E-state index in [2.05, 4.69) is 24.8 Å². The Morgan fingerprint density at radius 2 is 2.03 bits per heavy atom. The van der Waals surface area contributed by atoms with E-state index in [1.165, 1.54) is 29.4 Å². The molecule has 0 bridgehead atoms. The van der Waals surface area contributed by atoms with Gasteiger partial charge in [-0.25, -0.2) is 19.5 Å². The number of nitrogens with one attached hydrogen (secondary N) is 1. The van der Waals surface area contributed by atoms with Crippen LogP contribution in [0.25, 0.3) is 11.2 Å². The second-order valence-electron chi connectivity index (χ2n) is 7.34. The summed E-state index contributed by atoms with van der Waals surface area (Å²) in [7, 11) is -4.80. The normalized spacial score (nSPS) is 22.8. The number of benzene rings is 1. The molecular weight excluding hydrogens is 477 g/mol. The molecule has 7 N–H and O–H groups in total. The molecule has 0 spiro atoms. The molecule has 1 saturated heterocycles. The van der Waals surface area contributed by atoms with Gasteiger partial charge in [-0.05, 0) is 0 Å². The molecule has 17 heteroatoms. The van der Waals surface area contributed by atoms with Crippen molar-refractivity contribution in [3.63, 3.8) is 0 Å². The molecule has 1 fully saturated rings. The van der Waals surface area contributed by atoms with Crippen LogP contribution in [0.2, 0.25) is 0 Å².